The first-order valence-corrected chi connectivity index (χ1v) is 7.47. The number of hydrogen-bond acceptors (Lipinski definition) is 4. The maximum absolute atomic E-state index is 11.9. The Balaban J connectivity index is 1.87. The van der Waals surface area contributed by atoms with E-state index < -0.39 is 10.0 Å². The van der Waals surface area contributed by atoms with Crippen molar-refractivity contribution in [3.8, 4) is 5.75 Å². The van der Waals surface area contributed by atoms with Crippen molar-refractivity contribution in [2.75, 3.05) is 20.2 Å². The molecule has 18 heavy (non-hydrogen) atoms. The summed E-state index contributed by atoms with van der Waals surface area (Å²) in [5.41, 5.74) is 0. The predicted octanol–water partition coefficient (Wildman–Crippen LogP) is 0.725. The third kappa shape index (κ3) is 3.69. The van der Waals surface area contributed by atoms with Crippen LogP contribution in [0.4, 0.5) is 0 Å². The molecule has 1 fully saturated rings. The Morgan fingerprint density at radius 1 is 1.22 bits per heavy atom. The third-order valence-electron chi connectivity index (χ3n) is 2.80. The summed E-state index contributed by atoms with van der Waals surface area (Å²) in [6.07, 6.45) is 2.40. The molecule has 0 atom stereocenters. The summed E-state index contributed by atoms with van der Waals surface area (Å²) in [6.45, 7) is 1.07. The maximum Gasteiger partial charge on any atom is 0.240 e. The minimum absolute atomic E-state index is 0.259. The number of nitrogens with one attached hydrogen (secondary N) is 2. The van der Waals surface area contributed by atoms with E-state index in [1.54, 1.807) is 19.2 Å². The van der Waals surface area contributed by atoms with Gasteiger partial charge in [0.2, 0.25) is 10.0 Å². The zero-order valence-corrected chi connectivity index (χ0v) is 11.2. The van der Waals surface area contributed by atoms with E-state index in [0.29, 0.717) is 24.9 Å². The molecule has 1 aromatic carbocycles. The van der Waals surface area contributed by atoms with Gasteiger partial charge in [0.05, 0.1) is 12.0 Å². The Morgan fingerprint density at radius 2 is 1.89 bits per heavy atom. The minimum Gasteiger partial charge on any atom is -0.497 e. The van der Waals surface area contributed by atoms with Gasteiger partial charge in [-0.15, -0.1) is 0 Å². The molecule has 0 bridgehead atoms. The Morgan fingerprint density at radius 3 is 2.44 bits per heavy atom. The van der Waals surface area contributed by atoms with Gasteiger partial charge in [-0.05, 0) is 37.1 Å². The average molecular weight is 270 g/mol. The summed E-state index contributed by atoms with van der Waals surface area (Å²) >= 11 is 0. The Bertz CT molecular complexity index is 481. The molecule has 0 aliphatic heterocycles. The van der Waals surface area contributed by atoms with E-state index in [4.69, 9.17) is 4.74 Å². The van der Waals surface area contributed by atoms with Crippen LogP contribution in [-0.4, -0.2) is 34.7 Å². The van der Waals surface area contributed by atoms with E-state index in [-0.39, 0.29) is 4.90 Å². The third-order valence-corrected chi connectivity index (χ3v) is 4.27. The fraction of sp³-hybridized carbons (Fsp3) is 0.500. The number of benzene rings is 1. The number of ether oxygens (including phenoxy) is 1. The summed E-state index contributed by atoms with van der Waals surface area (Å²) in [6, 6.07) is 6.94. The van der Waals surface area contributed by atoms with Gasteiger partial charge in [0.15, 0.2) is 0 Å². The fourth-order valence-electron chi connectivity index (χ4n) is 1.59. The quantitative estimate of drug-likeness (QED) is 0.717. The topological polar surface area (TPSA) is 67.4 Å². The highest BCUT2D eigenvalue weighted by atomic mass is 32.2. The Kier molecular flexibility index (Phi) is 4.21. The van der Waals surface area contributed by atoms with E-state index in [2.05, 4.69) is 10.0 Å². The van der Waals surface area contributed by atoms with Crippen molar-refractivity contribution in [3.05, 3.63) is 24.3 Å². The van der Waals surface area contributed by atoms with Crippen molar-refractivity contribution in [2.45, 2.75) is 23.8 Å². The summed E-state index contributed by atoms with van der Waals surface area (Å²) in [5.74, 6) is 0.643. The lowest BCUT2D eigenvalue weighted by Crippen LogP contribution is -2.32. The molecule has 2 rings (SSSR count). The highest BCUT2D eigenvalue weighted by Gasteiger charge is 2.20. The standard InChI is InChI=1S/C12H18N2O3S/c1-17-11-4-6-12(7-5-11)18(15,16)14-9-8-13-10-2-3-10/h4-7,10,13-14H,2-3,8-9H2,1H3. The van der Waals surface area contributed by atoms with Crippen LogP contribution in [0.2, 0.25) is 0 Å². The molecule has 5 nitrogen and oxygen atoms in total. The van der Waals surface area contributed by atoms with Crippen molar-refractivity contribution in [1.29, 1.82) is 0 Å². The summed E-state index contributed by atoms with van der Waals surface area (Å²) in [4.78, 5) is 0.259. The van der Waals surface area contributed by atoms with E-state index in [1.165, 1.54) is 25.0 Å². The molecule has 0 spiro atoms. The SMILES string of the molecule is COc1ccc(S(=O)(=O)NCCNC2CC2)cc1. The van der Waals surface area contributed by atoms with Gasteiger partial charge in [-0.1, -0.05) is 0 Å². The largest absolute Gasteiger partial charge is 0.497 e. The fourth-order valence-corrected chi connectivity index (χ4v) is 2.62. The van der Waals surface area contributed by atoms with Crippen LogP contribution >= 0.6 is 0 Å². The first-order valence-electron chi connectivity index (χ1n) is 5.99. The normalized spacial score (nSPS) is 15.6. The second-order valence-corrected chi connectivity index (χ2v) is 6.07. The second kappa shape index (κ2) is 5.69. The average Bonchev–Trinajstić information content (AvgIpc) is 3.19. The van der Waals surface area contributed by atoms with Crippen molar-refractivity contribution in [3.63, 3.8) is 0 Å². The molecule has 1 aliphatic rings. The lowest BCUT2D eigenvalue weighted by molar-refractivity contribution is 0.414. The number of hydrogen-bond donors (Lipinski definition) is 2. The van der Waals surface area contributed by atoms with Crippen LogP contribution in [0.3, 0.4) is 0 Å². The summed E-state index contributed by atoms with van der Waals surface area (Å²) in [7, 11) is -1.86. The molecular formula is C12H18N2O3S. The van der Waals surface area contributed by atoms with Gasteiger partial charge >= 0.3 is 0 Å². The molecular weight excluding hydrogens is 252 g/mol. The van der Waals surface area contributed by atoms with Crippen molar-refractivity contribution in [2.24, 2.45) is 0 Å². The second-order valence-electron chi connectivity index (χ2n) is 4.30. The van der Waals surface area contributed by atoms with Crippen LogP contribution in [0.5, 0.6) is 5.75 Å². The highest BCUT2D eigenvalue weighted by Crippen LogP contribution is 2.18. The van der Waals surface area contributed by atoms with Crippen LogP contribution in [-0.2, 0) is 10.0 Å². The molecule has 1 aromatic rings. The molecule has 0 heterocycles. The lowest BCUT2D eigenvalue weighted by Gasteiger charge is -2.08. The molecule has 0 amide bonds. The van der Waals surface area contributed by atoms with Gasteiger partial charge in [-0.25, -0.2) is 13.1 Å². The van der Waals surface area contributed by atoms with Crippen molar-refractivity contribution in [1.82, 2.24) is 10.0 Å². The number of rotatable bonds is 7. The summed E-state index contributed by atoms with van der Waals surface area (Å²) < 4.78 is 31.4. The van der Waals surface area contributed by atoms with Gasteiger partial charge in [0, 0.05) is 19.1 Å². The Labute approximate surface area is 108 Å². The van der Waals surface area contributed by atoms with E-state index in [1.807, 2.05) is 0 Å². The Hall–Kier alpha value is -1.11. The zero-order valence-electron chi connectivity index (χ0n) is 10.3. The molecule has 6 heteroatoms. The first kappa shape index (κ1) is 13.3. The molecule has 1 saturated carbocycles. The van der Waals surface area contributed by atoms with Gasteiger partial charge in [0.1, 0.15) is 5.75 Å². The van der Waals surface area contributed by atoms with E-state index in [9.17, 15) is 8.42 Å². The molecule has 1 aliphatic carbocycles. The van der Waals surface area contributed by atoms with Gasteiger partial charge in [-0.3, -0.25) is 0 Å². The number of sulfonamides is 1. The monoisotopic (exact) mass is 270 g/mol. The lowest BCUT2D eigenvalue weighted by atomic mass is 10.3. The number of methoxy groups -OCH3 is 1. The highest BCUT2D eigenvalue weighted by molar-refractivity contribution is 7.89. The van der Waals surface area contributed by atoms with Crippen LogP contribution in [0.25, 0.3) is 0 Å². The summed E-state index contributed by atoms with van der Waals surface area (Å²) in [5, 5.41) is 3.25. The van der Waals surface area contributed by atoms with E-state index >= 15 is 0 Å². The van der Waals surface area contributed by atoms with Crippen LogP contribution in [0.1, 0.15) is 12.8 Å². The van der Waals surface area contributed by atoms with Crippen molar-refractivity contribution < 1.29 is 13.2 Å². The van der Waals surface area contributed by atoms with Crippen LogP contribution in [0.15, 0.2) is 29.2 Å². The van der Waals surface area contributed by atoms with E-state index in [0.717, 1.165) is 0 Å². The smallest absolute Gasteiger partial charge is 0.240 e. The van der Waals surface area contributed by atoms with Crippen LogP contribution in [0, 0.1) is 0 Å². The van der Waals surface area contributed by atoms with Gasteiger partial charge in [0.25, 0.3) is 0 Å². The maximum atomic E-state index is 11.9. The molecule has 2 N–H and O–H groups in total. The first-order chi connectivity index (χ1) is 8.62. The molecule has 0 radical (unpaired) electrons. The molecule has 0 aromatic heterocycles. The molecule has 0 saturated heterocycles. The molecule has 100 valence electrons. The zero-order chi connectivity index (χ0) is 13.0. The van der Waals surface area contributed by atoms with Gasteiger partial charge < -0.3 is 10.1 Å². The predicted molar refractivity (Wildman–Crippen MR) is 69.2 cm³/mol. The van der Waals surface area contributed by atoms with Crippen molar-refractivity contribution >= 4 is 10.0 Å². The molecule has 0 unspecified atom stereocenters. The van der Waals surface area contributed by atoms with Crippen LogP contribution < -0.4 is 14.8 Å². The minimum atomic E-state index is -3.41. The van der Waals surface area contributed by atoms with Gasteiger partial charge in [-0.2, -0.15) is 0 Å².